The quantitative estimate of drug-likeness (QED) is 0.407. The molecule has 0 radical (unpaired) electrons. The molecule has 0 amide bonds. The van der Waals surface area contributed by atoms with Gasteiger partial charge < -0.3 is 14.4 Å². The van der Waals surface area contributed by atoms with E-state index in [1.54, 1.807) is 26.8 Å². The molecule has 3 rings (SSSR count). The number of nitrogens with zero attached hydrogens (tertiary/aromatic N) is 1. The average Bonchev–Trinajstić information content (AvgIpc) is 3.05. The minimum Gasteiger partial charge on any atom is -0.494 e. The summed E-state index contributed by atoms with van der Waals surface area (Å²) in [6, 6.07) is 10.9. The van der Waals surface area contributed by atoms with Gasteiger partial charge in [-0.1, -0.05) is 27.2 Å². The molecule has 0 bridgehead atoms. The van der Waals surface area contributed by atoms with Crippen LogP contribution in [0.2, 0.25) is 0 Å². The summed E-state index contributed by atoms with van der Waals surface area (Å²) in [5.41, 5.74) is 2.83. The van der Waals surface area contributed by atoms with Crippen molar-refractivity contribution in [1.29, 1.82) is 0 Å². The minimum atomic E-state index is -1.11. The molecule has 0 aliphatic heterocycles. The summed E-state index contributed by atoms with van der Waals surface area (Å²) in [5, 5.41) is 10.9. The number of fused-ring (bicyclic) bond motifs is 1. The van der Waals surface area contributed by atoms with Gasteiger partial charge in [0, 0.05) is 16.8 Å². The smallest absolute Gasteiger partial charge is 0.313 e. The molecule has 0 atom stereocenters. The molecule has 1 aromatic heterocycles. The van der Waals surface area contributed by atoms with E-state index in [-0.39, 0.29) is 11.7 Å². The third kappa shape index (κ3) is 4.18. The van der Waals surface area contributed by atoms with Crippen molar-refractivity contribution in [3.8, 4) is 11.4 Å². The van der Waals surface area contributed by atoms with Gasteiger partial charge in [0.05, 0.1) is 17.5 Å². The third-order valence-electron chi connectivity index (χ3n) is 5.85. The molecule has 1 heterocycles. The normalized spacial score (nSPS) is 12.0. The second-order valence-electron chi connectivity index (χ2n) is 8.99. The van der Waals surface area contributed by atoms with Gasteiger partial charge in [-0.15, -0.1) is 0 Å². The number of unbranched alkanes of at least 4 members (excludes halogenated alkanes) is 1. The number of carboxylic acids is 1. The summed E-state index contributed by atoms with van der Waals surface area (Å²) >= 11 is 0. The van der Waals surface area contributed by atoms with Crippen molar-refractivity contribution < 1.29 is 19.0 Å². The lowest BCUT2D eigenvalue weighted by Crippen LogP contribution is -2.30. The molecule has 0 aliphatic carbocycles. The number of halogens is 1. The van der Waals surface area contributed by atoms with Gasteiger partial charge in [0.25, 0.3) is 0 Å². The Bertz CT molecular complexity index is 1110. The number of hydrogen-bond acceptors (Lipinski definition) is 2. The Labute approximate surface area is 183 Å². The van der Waals surface area contributed by atoms with Crippen molar-refractivity contribution >= 4 is 16.9 Å². The van der Waals surface area contributed by atoms with Crippen LogP contribution in [0.1, 0.15) is 70.2 Å². The number of rotatable bonds is 8. The summed E-state index contributed by atoms with van der Waals surface area (Å²) in [4.78, 5) is 12.3. The largest absolute Gasteiger partial charge is 0.494 e. The lowest BCUT2D eigenvalue weighted by molar-refractivity contribution is -0.142. The first-order valence-electron chi connectivity index (χ1n) is 10.9. The number of benzene rings is 2. The molecule has 0 saturated heterocycles. The van der Waals surface area contributed by atoms with E-state index in [9.17, 15) is 14.3 Å². The fraction of sp³-hybridized carbons (Fsp3) is 0.423. The van der Waals surface area contributed by atoms with Gasteiger partial charge in [-0.3, -0.25) is 4.79 Å². The number of ether oxygens (including phenoxy) is 1. The molecule has 0 spiro atoms. The first kappa shape index (κ1) is 22.9. The van der Waals surface area contributed by atoms with E-state index in [2.05, 4.69) is 25.3 Å². The maximum atomic E-state index is 14.0. The third-order valence-corrected chi connectivity index (χ3v) is 5.85. The minimum absolute atomic E-state index is 0.0517. The van der Waals surface area contributed by atoms with Crippen molar-refractivity contribution in [2.45, 2.75) is 65.7 Å². The summed E-state index contributed by atoms with van der Waals surface area (Å²) in [5.74, 6) is -0.368. The Morgan fingerprint density at radius 3 is 2.48 bits per heavy atom. The van der Waals surface area contributed by atoms with Crippen LogP contribution in [0.3, 0.4) is 0 Å². The number of carboxylic acid groups (broad SMARTS) is 1. The Kier molecular flexibility index (Phi) is 6.44. The highest BCUT2D eigenvalue weighted by Crippen LogP contribution is 2.42. The van der Waals surface area contributed by atoms with E-state index in [0.29, 0.717) is 12.2 Å². The fourth-order valence-corrected chi connectivity index (χ4v) is 4.07. The van der Waals surface area contributed by atoms with Gasteiger partial charge in [0.1, 0.15) is 11.6 Å². The number of aromatic nitrogens is 1. The maximum absolute atomic E-state index is 14.0. The Morgan fingerprint density at radius 1 is 1.19 bits per heavy atom. The highest BCUT2D eigenvalue weighted by atomic mass is 19.1. The van der Waals surface area contributed by atoms with Gasteiger partial charge >= 0.3 is 5.97 Å². The number of aliphatic carboxylic acids is 1. The first-order valence-corrected chi connectivity index (χ1v) is 10.9. The van der Waals surface area contributed by atoms with E-state index >= 15 is 0 Å². The van der Waals surface area contributed by atoms with Gasteiger partial charge in [0.2, 0.25) is 0 Å². The summed E-state index contributed by atoms with van der Waals surface area (Å²) in [6.07, 6.45) is 2.00. The molecule has 3 aromatic rings. The molecule has 166 valence electrons. The fourth-order valence-electron chi connectivity index (χ4n) is 4.07. The molecule has 4 nitrogen and oxygen atoms in total. The van der Waals surface area contributed by atoms with E-state index in [1.807, 2.05) is 24.3 Å². The molecular weight excluding hydrogens is 393 g/mol. The highest BCUT2D eigenvalue weighted by Gasteiger charge is 2.37. The van der Waals surface area contributed by atoms with Crippen LogP contribution >= 0.6 is 0 Å². The van der Waals surface area contributed by atoms with Crippen LogP contribution < -0.4 is 4.74 Å². The van der Waals surface area contributed by atoms with Crippen LogP contribution in [-0.2, 0) is 10.2 Å². The predicted octanol–water partition coefficient (Wildman–Crippen LogP) is 6.74. The zero-order valence-electron chi connectivity index (χ0n) is 19.3. The van der Waals surface area contributed by atoms with E-state index in [1.165, 1.54) is 6.07 Å². The topological polar surface area (TPSA) is 51.5 Å². The van der Waals surface area contributed by atoms with Crippen LogP contribution in [0.15, 0.2) is 36.4 Å². The van der Waals surface area contributed by atoms with Crippen molar-refractivity contribution in [3.05, 3.63) is 59.0 Å². The zero-order chi connectivity index (χ0) is 22.9. The second-order valence-corrected chi connectivity index (χ2v) is 8.99. The lowest BCUT2D eigenvalue weighted by Gasteiger charge is -2.24. The average molecular weight is 426 g/mol. The molecule has 2 aromatic carbocycles. The van der Waals surface area contributed by atoms with Crippen LogP contribution in [0.4, 0.5) is 4.39 Å². The van der Waals surface area contributed by atoms with E-state index in [4.69, 9.17) is 4.74 Å². The van der Waals surface area contributed by atoms with Crippen LogP contribution in [0, 0.1) is 12.7 Å². The molecule has 0 unspecified atom stereocenters. The Hall–Kier alpha value is -2.82. The molecule has 0 aliphatic rings. The molecule has 31 heavy (non-hydrogen) atoms. The molecule has 0 saturated carbocycles. The molecule has 5 heteroatoms. The summed E-state index contributed by atoms with van der Waals surface area (Å²) < 4.78 is 22.0. The van der Waals surface area contributed by atoms with Gasteiger partial charge in [-0.2, -0.15) is 0 Å². The van der Waals surface area contributed by atoms with Gasteiger partial charge in [-0.25, -0.2) is 4.39 Å². The van der Waals surface area contributed by atoms with Crippen LogP contribution in [0.25, 0.3) is 16.6 Å². The number of aryl methyl sites for hydroxylation is 1. The zero-order valence-corrected chi connectivity index (χ0v) is 19.3. The van der Waals surface area contributed by atoms with Crippen molar-refractivity contribution in [3.63, 3.8) is 0 Å². The number of carbonyl (C=O) groups is 1. The van der Waals surface area contributed by atoms with Crippen LogP contribution in [-0.4, -0.2) is 22.2 Å². The van der Waals surface area contributed by atoms with E-state index in [0.717, 1.165) is 46.4 Å². The van der Waals surface area contributed by atoms with Crippen molar-refractivity contribution in [2.75, 3.05) is 6.61 Å². The lowest BCUT2D eigenvalue weighted by atomic mass is 9.80. The van der Waals surface area contributed by atoms with Crippen LogP contribution in [0.5, 0.6) is 5.75 Å². The van der Waals surface area contributed by atoms with Crippen molar-refractivity contribution in [1.82, 2.24) is 4.57 Å². The molecular formula is C26H32FNO3. The van der Waals surface area contributed by atoms with Gasteiger partial charge in [0.15, 0.2) is 0 Å². The Morgan fingerprint density at radius 2 is 1.90 bits per heavy atom. The standard InChI is InChI=1S/C26H32FNO3/c1-7-8-13-31-19-10-12-22-20(15-19)23(26(5,6)25(29)30)24(16(2)3)28(22)18-9-11-21(27)17(4)14-18/h9-12,14-16H,7-8,13H2,1-6H3,(H,29,30). The monoisotopic (exact) mass is 425 g/mol. The Balaban J connectivity index is 2.38. The van der Waals surface area contributed by atoms with Crippen molar-refractivity contribution in [2.24, 2.45) is 0 Å². The van der Waals surface area contributed by atoms with E-state index < -0.39 is 11.4 Å². The summed E-state index contributed by atoms with van der Waals surface area (Å²) in [6.45, 7) is 12.1. The van der Waals surface area contributed by atoms with Gasteiger partial charge in [-0.05, 0) is 80.6 Å². The molecule has 1 N–H and O–H groups in total. The summed E-state index contributed by atoms with van der Waals surface area (Å²) in [7, 11) is 0. The maximum Gasteiger partial charge on any atom is 0.313 e. The SMILES string of the molecule is CCCCOc1ccc2c(c1)c(C(C)(C)C(=O)O)c(C(C)C)n2-c1ccc(F)c(C)c1. The second kappa shape index (κ2) is 8.74. The molecule has 0 fully saturated rings. The first-order chi connectivity index (χ1) is 14.6. The predicted molar refractivity (Wildman–Crippen MR) is 123 cm³/mol. The highest BCUT2D eigenvalue weighted by molar-refractivity contribution is 5.95. The number of hydrogen-bond donors (Lipinski definition) is 1.